The third-order valence-electron chi connectivity index (χ3n) is 4.12. The number of furan rings is 1. The van der Waals surface area contributed by atoms with E-state index in [1.807, 2.05) is 6.07 Å². The van der Waals surface area contributed by atoms with Gasteiger partial charge in [0.05, 0.1) is 0 Å². The molecule has 4 rings (SSSR count). The van der Waals surface area contributed by atoms with Crippen molar-refractivity contribution in [3.8, 4) is 11.3 Å². The average molecular weight is 260 g/mol. The van der Waals surface area contributed by atoms with Gasteiger partial charge >= 0.3 is 0 Å². The van der Waals surface area contributed by atoms with E-state index >= 15 is 0 Å². The van der Waals surface area contributed by atoms with Gasteiger partial charge in [-0.1, -0.05) is 60.7 Å². The lowest BCUT2D eigenvalue weighted by Crippen LogP contribution is -1.97. The van der Waals surface area contributed by atoms with Crippen molar-refractivity contribution < 1.29 is 4.42 Å². The zero-order valence-electron chi connectivity index (χ0n) is 11.3. The second-order valence-electron chi connectivity index (χ2n) is 5.44. The Morgan fingerprint density at radius 2 is 1.50 bits per heavy atom. The summed E-state index contributed by atoms with van der Waals surface area (Å²) in [6, 6.07) is 23.3. The van der Waals surface area contributed by atoms with Crippen LogP contribution in [0.1, 0.15) is 22.8 Å². The lowest BCUT2D eigenvalue weighted by molar-refractivity contribution is 0.518. The van der Waals surface area contributed by atoms with Crippen LogP contribution >= 0.6 is 0 Å². The molecule has 0 aliphatic heterocycles. The Morgan fingerprint density at radius 1 is 0.800 bits per heavy atom. The van der Waals surface area contributed by atoms with Gasteiger partial charge in [0.1, 0.15) is 11.5 Å². The summed E-state index contributed by atoms with van der Waals surface area (Å²) in [6.07, 6.45) is 2.11. The van der Waals surface area contributed by atoms with E-state index in [9.17, 15) is 0 Å². The first-order chi connectivity index (χ1) is 9.90. The van der Waals surface area contributed by atoms with Gasteiger partial charge in [0.25, 0.3) is 0 Å². The van der Waals surface area contributed by atoms with Crippen molar-refractivity contribution in [1.82, 2.24) is 0 Å². The molecule has 1 aromatic heterocycles. The fourth-order valence-corrected chi connectivity index (χ4v) is 3.08. The largest absolute Gasteiger partial charge is 0.461 e. The van der Waals surface area contributed by atoms with Crippen LogP contribution in [0.2, 0.25) is 0 Å². The van der Waals surface area contributed by atoms with Gasteiger partial charge in [-0.25, -0.2) is 0 Å². The van der Waals surface area contributed by atoms with Gasteiger partial charge in [-0.15, -0.1) is 0 Å². The van der Waals surface area contributed by atoms with Crippen LogP contribution in [0.25, 0.3) is 11.3 Å². The van der Waals surface area contributed by atoms with Gasteiger partial charge in [-0.05, 0) is 29.5 Å². The fourth-order valence-electron chi connectivity index (χ4n) is 3.08. The quantitative estimate of drug-likeness (QED) is 0.643. The van der Waals surface area contributed by atoms with E-state index in [0.29, 0.717) is 5.92 Å². The third kappa shape index (κ3) is 1.96. The molecule has 0 saturated heterocycles. The van der Waals surface area contributed by atoms with E-state index in [2.05, 4.69) is 60.7 Å². The molecule has 0 spiro atoms. The molecule has 0 radical (unpaired) electrons. The molecule has 3 aromatic rings. The Bertz CT molecular complexity index is 687. The molecule has 1 heteroatoms. The minimum atomic E-state index is 0.578. The van der Waals surface area contributed by atoms with E-state index in [1.54, 1.807) is 0 Å². The highest BCUT2D eigenvalue weighted by Crippen LogP contribution is 2.38. The first kappa shape index (κ1) is 11.5. The summed E-state index contributed by atoms with van der Waals surface area (Å²) in [6.45, 7) is 0. The lowest BCUT2D eigenvalue weighted by atomic mass is 9.96. The molecule has 1 unspecified atom stereocenters. The van der Waals surface area contributed by atoms with E-state index < -0.39 is 0 Å². The Labute approximate surface area is 118 Å². The first-order valence-electron chi connectivity index (χ1n) is 7.12. The number of rotatable bonds is 2. The SMILES string of the molecule is c1ccc(-c2cc3c(o2)CC(c2ccccc2)C3)cc1. The highest BCUT2D eigenvalue weighted by Gasteiger charge is 2.27. The van der Waals surface area contributed by atoms with Gasteiger partial charge in [0.15, 0.2) is 0 Å². The molecule has 0 saturated carbocycles. The predicted octanol–water partition coefficient (Wildman–Crippen LogP) is 4.83. The lowest BCUT2D eigenvalue weighted by Gasteiger charge is -2.08. The molecular formula is C19H16O. The van der Waals surface area contributed by atoms with Crippen LogP contribution in [0, 0.1) is 0 Å². The molecule has 20 heavy (non-hydrogen) atoms. The predicted molar refractivity (Wildman–Crippen MR) is 80.7 cm³/mol. The molecule has 0 N–H and O–H groups in total. The minimum absolute atomic E-state index is 0.578. The molecule has 1 aliphatic rings. The van der Waals surface area contributed by atoms with Gasteiger partial charge in [-0.2, -0.15) is 0 Å². The van der Waals surface area contributed by atoms with Gasteiger partial charge in [0, 0.05) is 12.0 Å². The third-order valence-corrected chi connectivity index (χ3v) is 4.12. The van der Waals surface area contributed by atoms with Crippen molar-refractivity contribution in [2.24, 2.45) is 0 Å². The maximum absolute atomic E-state index is 6.06. The normalized spacial score (nSPS) is 17.1. The van der Waals surface area contributed by atoms with Crippen LogP contribution in [-0.2, 0) is 12.8 Å². The smallest absolute Gasteiger partial charge is 0.134 e. The van der Waals surface area contributed by atoms with Gasteiger partial charge in [0.2, 0.25) is 0 Å². The Morgan fingerprint density at radius 3 is 2.20 bits per heavy atom. The average Bonchev–Trinajstić information content (AvgIpc) is 3.08. The summed E-state index contributed by atoms with van der Waals surface area (Å²) in [5, 5.41) is 0. The van der Waals surface area contributed by atoms with Gasteiger partial charge < -0.3 is 4.42 Å². The molecule has 0 bridgehead atoms. The molecular weight excluding hydrogens is 244 g/mol. The molecule has 1 aliphatic carbocycles. The zero-order valence-corrected chi connectivity index (χ0v) is 11.3. The first-order valence-corrected chi connectivity index (χ1v) is 7.12. The van der Waals surface area contributed by atoms with Crippen LogP contribution in [-0.4, -0.2) is 0 Å². The van der Waals surface area contributed by atoms with Crippen molar-refractivity contribution in [3.63, 3.8) is 0 Å². The monoisotopic (exact) mass is 260 g/mol. The standard InChI is InChI=1S/C19H16O/c1-3-7-14(8-4-1)16-11-17-13-18(20-19(17)12-16)15-9-5-2-6-10-15/h1-10,13,16H,11-12H2. The maximum atomic E-state index is 6.06. The summed E-state index contributed by atoms with van der Waals surface area (Å²) in [5.74, 6) is 2.74. The van der Waals surface area contributed by atoms with Crippen molar-refractivity contribution in [2.45, 2.75) is 18.8 Å². The number of hydrogen-bond acceptors (Lipinski definition) is 1. The van der Waals surface area contributed by atoms with E-state index in [-0.39, 0.29) is 0 Å². The van der Waals surface area contributed by atoms with E-state index in [0.717, 1.165) is 29.9 Å². The molecule has 1 heterocycles. The second kappa shape index (κ2) is 4.68. The van der Waals surface area contributed by atoms with Crippen LogP contribution in [0.4, 0.5) is 0 Å². The van der Waals surface area contributed by atoms with Crippen LogP contribution < -0.4 is 0 Å². The molecule has 0 amide bonds. The van der Waals surface area contributed by atoms with E-state index in [1.165, 1.54) is 11.1 Å². The number of benzene rings is 2. The Kier molecular flexibility index (Phi) is 2.70. The summed E-state index contributed by atoms with van der Waals surface area (Å²) in [4.78, 5) is 0. The fraction of sp³-hybridized carbons (Fsp3) is 0.158. The zero-order chi connectivity index (χ0) is 13.4. The van der Waals surface area contributed by atoms with Crippen molar-refractivity contribution in [1.29, 1.82) is 0 Å². The molecule has 98 valence electrons. The van der Waals surface area contributed by atoms with Crippen LogP contribution in [0.3, 0.4) is 0 Å². The highest BCUT2D eigenvalue weighted by atomic mass is 16.3. The summed E-state index contributed by atoms with van der Waals surface area (Å²) < 4.78 is 6.06. The van der Waals surface area contributed by atoms with E-state index in [4.69, 9.17) is 4.42 Å². The molecule has 1 nitrogen and oxygen atoms in total. The minimum Gasteiger partial charge on any atom is -0.461 e. The summed E-state index contributed by atoms with van der Waals surface area (Å²) in [5.41, 5.74) is 3.95. The number of hydrogen-bond donors (Lipinski definition) is 0. The molecule has 1 atom stereocenters. The second-order valence-corrected chi connectivity index (χ2v) is 5.44. The van der Waals surface area contributed by atoms with Crippen LogP contribution in [0.15, 0.2) is 71.1 Å². The van der Waals surface area contributed by atoms with Crippen molar-refractivity contribution >= 4 is 0 Å². The molecule has 0 fully saturated rings. The summed E-state index contributed by atoms with van der Waals surface area (Å²) >= 11 is 0. The van der Waals surface area contributed by atoms with Crippen LogP contribution in [0.5, 0.6) is 0 Å². The summed E-state index contributed by atoms with van der Waals surface area (Å²) in [7, 11) is 0. The van der Waals surface area contributed by atoms with Crippen molar-refractivity contribution in [3.05, 3.63) is 83.6 Å². The Balaban J connectivity index is 1.61. The van der Waals surface area contributed by atoms with Crippen molar-refractivity contribution in [2.75, 3.05) is 0 Å². The Hall–Kier alpha value is -2.28. The highest BCUT2D eigenvalue weighted by molar-refractivity contribution is 5.59. The molecule has 2 aromatic carbocycles. The van der Waals surface area contributed by atoms with Gasteiger partial charge in [-0.3, -0.25) is 0 Å². The topological polar surface area (TPSA) is 13.1 Å². The maximum Gasteiger partial charge on any atom is 0.134 e. The number of fused-ring (bicyclic) bond motifs is 1.